The number of aliphatic hydroxyl groups excluding tert-OH is 1. The van der Waals surface area contributed by atoms with Gasteiger partial charge < -0.3 is 5.11 Å². The second-order valence-electron chi connectivity index (χ2n) is 8.96. The largest absolute Gasteiger partial charge is 0.507 e. The molecule has 0 radical (unpaired) electrons. The summed E-state index contributed by atoms with van der Waals surface area (Å²) >= 11 is 2.61. The highest BCUT2D eigenvalue weighted by Crippen LogP contribution is 2.44. The van der Waals surface area contributed by atoms with E-state index in [2.05, 4.69) is 10.2 Å². The molecule has 2 heterocycles. The molecule has 0 saturated carbocycles. The Labute approximate surface area is 232 Å². The number of nitro benzene ring substituents is 1. The second kappa shape index (κ2) is 10.8. The van der Waals surface area contributed by atoms with Crippen molar-refractivity contribution in [1.29, 1.82) is 0 Å². The molecular weight excluding hydrogens is 536 g/mol. The van der Waals surface area contributed by atoms with Gasteiger partial charge in [0.15, 0.2) is 4.34 Å². The molecule has 39 heavy (non-hydrogen) atoms. The van der Waals surface area contributed by atoms with E-state index in [-0.39, 0.29) is 22.2 Å². The maximum Gasteiger partial charge on any atom is 0.301 e. The van der Waals surface area contributed by atoms with E-state index in [1.165, 1.54) is 40.9 Å². The molecule has 0 spiro atoms. The second-order valence-corrected chi connectivity index (χ2v) is 11.1. The van der Waals surface area contributed by atoms with Gasteiger partial charge in [0.2, 0.25) is 5.13 Å². The van der Waals surface area contributed by atoms with Crippen molar-refractivity contribution in [3.8, 4) is 0 Å². The molecule has 5 rings (SSSR count). The van der Waals surface area contributed by atoms with Gasteiger partial charge in [0.25, 0.3) is 11.5 Å². The van der Waals surface area contributed by atoms with E-state index >= 15 is 0 Å². The fourth-order valence-electron chi connectivity index (χ4n) is 4.34. The lowest BCUT2D eigenvalue weighted by molar-refractivity contribution is -0.384. The van der Waals surface area contributed by atoms with E-state index in [1.807, 2.05) is 49.4 Å². The fourth-order valence-corrected chi connectivity index (χ4v) is 6.16. The van der Waals surface area contributed by atoms with Crippen LogP contribution in [0.25, 0.3) is 5.76 Å². The average molecular weight is 559 g/mol. The molecule has 9 nitrogen and oxygen atoms in total. The van der Waals surface area contributed by atoms with Gasteiger partial charge in [-0.3, -0.25) is 24.6 Å². The number of rotatable bonds is 7. The molecule has 4 aromatic rings. The van der Waals surface area contributed by atoms with Crippen molar-refractivity contribution in [3.05, 3.63) is 116 Å². The lowest BCUT2D eigenvalue weighted by Crippen LogP contribution is -2.29. The van der Waals surface area contributed by atoms with Gasteiger partial charge in [-0.2, -0.15) is 0 Å². The molecule has 1 saturated heterocycles. The predicted octanol–water partition coefficient (Wildman–Crippen LogP) is 5.98. The number of non-ortho nitro benzene ring substituents is 1. The number of carbonyl (C=O) groups is 2. The third kappa shape index (κ3) is 5.18. The number of amides is 1. The van der Waals surface area contributed by atoms with Crippen molar-refractivity contribution < 1.29 is 19.6 Å². The Hall–Kier alpha value is -4.35. The summed E-state index contributed by atoms with van der Waals surface area (Å²) in [6.07, 6.45) is 0. The van der Waals surface area contributed by atoms with Crippen LogP contribution in [0.15, 0.2) is 82.7 Å². The van der Waals surface area contributed by atoms with Crippen molar-refractivity contribution in [2.45, 2.75) is 30.0 Å². The lowest BCUT2D eigenvalue weighted by Gasteiger charge is -2.22. The van der Waals surface area contributed by atoms with Crippen LogP contribution in [-0.2, 0) is 15.3 Å². The molecule has 1 amide bonds. The standard InChI is InChI=1S/C28H22N4O5S2/c1-16-8-9-17(2)21(14-16)24(33)22-23(19-10-12-20(13-11-19)32(36)37)31(26(35)25(22)34)27-29-30-28(39-27)38-15-18-6-4-3-5-7-18/h3-14,23,33H,15H2,1-2H3. The maximum absolute atomic E-state index is 13.4. The zero-order chi connectivity index (χ0) is 27.7. The third-order valence-electron chi connectivity index (χ3n) is 6.32. The summed E-state index contributed by atoms with van der Waals surface area (Å²) in [4.78, 5) is 38.7. The zero-order valence-corrected chi connectivity index (χ0v) is 22.5. The first-order valence-corrected chi connectivity index (χ1v) is 13.7. The Morgan fingerprint density at radius 3 is 2.46 bits per heavy atom. The number of hydrogen-bond donors (Lipinski definition) is 1. The number of nitro groups is 1. The summed E-state index contributed by atoms with van der Waals surface area (Å²) in [7, 11) is 0. The smallest absolute Gasteiger partial charge is 0.301 e. The Morgan fingerprint density at radius 2 is 1.77 bits per heavy atom. The number of thioether (sulfide) groups is 1. The Bertz CT molecular complexity index is 1620. The van der Waals surface area contributed by atoms with Gasteiger partial charge in [-0.1, -0.05) is 71.1 Å². The molecule has 0 aliphatic carbocycles. The summed E-state index contributed by atoms with van der Waals surface area (Å²) in [5.41, 5.74) is 3.28. The molecule has 196 valence electrons. The molecule has 1 unspecified atom stereocenters. The van der Waals surface area contributed by atoms with Crippen LogP contribution in [0.4, 0.5) is 10.8 Å². The van der Waals surface area contributed by atoms with Gasteiger partial charge in [-0.15, -0.1) is 10.2 Å². The molecule has 1 atom stereocenters. The van der Waals surface area contributed by atoms with Crippen LogP contribution in [-0.4, -0.2) is 31.9 Å². The Morgan fingerprint density at radius 1 is 1.05 bits per heavy atom. The Kier molecular flexibility index (Phi) is 7.27. The highest BCUT2D eigenvalue weighted by molar-refractivity contribution is 8.00. The van der Waals surface area contributed by atoms with Crippen LogP contribution in [0, 0.1) is 24.0 Å². The van der Waals surface area contributed by atoms with Gasteiger partial charge >= 0.3 is 5.91 Å². The zero-order valence-electron chi connectivity index (χ0n) is 20.9. The van der Waals surface area contributed by atoms with Crippen LogP contribution in [0.5, 0.6) is 0 Å². The fraction of sp³-hybridized carbons (Fsp3) is 0.143. The van der Waals surface area contributed by atoms with Gasteiger partial charge in [0, 0.05) is 23.4 Å². The number of carbonyl (C=O) groups excluding carboxylic acids is 2. The lowest BCUT2D eigenvalue weighted by atomic mass is 9.93. The van der Waals surface area contributed by atoms with E-state index in [0.717, 1.165) is 28.0 Å². The highest BCUT2D eigenvalue weighted by Gasteiger charge is 2.48. The van der Waals surface area contributed by atoms with Crippen molar-refractivity contribution in [2.75, 3.05) is 4.90 Å². The summed E-state index contributed by atoms with van der Waals surface area (Å²) in [5.74, 6) is -1.40. The first kappa shape index (κ1) is 26.3. The quantitative estimate of drug-likeness (QED) is 0.0558. The molecule has 0 bridgehead atoms. The summed E-state index contributed by atoms with van der Waals surface area (Å²) < 4.78 is 0.604. The minimum absolute atomic E-state index is 0.115. The molecule has 1 aromatic heterocycles. The predicted molar refractivity (Wildman–Crippen MR) is 150 cm³/mol. The van der Waals surface area contributed by atoms with Gasteiger partial charge in [0.05, 0.1) is 16.5 Å². The number of aliphatic hydroxyl groups is 1. The number of nitrogens with zero attached hydrogens (tertiary/aromatic N) is 4. The van der Waals surface area contributed by atoms with E-state index in [0.29, 0.717) is 21.2 Å². The molecule has 3 aromatic carbocycles. The number of aryl methyl sites for hydroxylation is 2. The van der Waals surface area contributed by atoms with Crippen molar-refractivity contribution in [1.82, 2.24) is 10.2 Å². The molecule has 1 N–H and O–H groups in total. The summed E-state index contributed by atoms with van der Waals surface area (Å²) in [5, 5.41) is 31.2. The topological polar surface area (TPSA) is 127 Å². The first-order valence-electron chi connectivity index (χ1n) is 11.9. The molecular formula is C28H22N4O5S2. The average Bonchev–Trinajstić information content (AvgIpc) is 3.51. The van der Waals surface area contributed by atoms with Crippen LogP contribution in [0.1, 0.15) is 33.9 Å². The normalized spacial score (nSPS) is 16.6. The van der Waals surface area contributed by atoms with Gasteiger partial charge in [-0.05, 0) is 48.7 Å². The van der Waals surface area contributed by atoms with Crippen molar-refractivity contribution in [3.63, 3.8) is 0 Å². The number of ketones is 1. The molecule has 1 aliphatic rings. The molecule has 1 aliphatic heterocycles. The van der Waals surface area contributed by atoms with Gasteiger partial charge in [-0.25, -0.2) is 0 Å². The Balaban J connectivity index is 1.59. The van der Waals surface area contributed by atoms with E-state index in [9.17, 15) is 24.8 Å². The minimum Gasteiger partial charge on any atom is -0.507 e. The van der Waals surface area contributed by atoms with Crippen LogP contribution < -0.4 is 4.90 Å². The number of anilines is 1. The van der Waals surface area contributed by atoms with E-state index in [1.54, 1.807) is 13.0 Å². The number of Topliss-reactive ketones (excluding diaryl/α,β-unsaturated/α-hetero) is 1. The van der Waals surface area contributed by atoms with E-state index < -0.39 is 22.7 Å². The van der Waals surface area contributed by atoms with Crippen LogP contribution in [0.3, 0.4) is 0 Å². The SMILES string of the molecule is Cc1ccc(C)c(C(O)=C2C(=O)C(=O)N(c3nnc(SCc4ccccc4)s3)C2c2ccc([N+](=O)[O-])cc2)c1. The maximum atomic E-state index is 13.4. The van der Waals surface area contributed by atoms with E-state index in [4.69, 9.17) is 0 Å². The first-order chi connectivity index (χ1) is 18.7. The third-order valence-corrected chi connectivity index (χ3v) is 8.45. The van der Waals surface area contributed by atoms with Gasteiger partial charge in [0.1, 0.15) is 5.76 Å². The molecule has 1 fully saturated rings. The van der Waals surface area contributed by atoms with Crippen molar-refractivity contribution in [2.24, 2.45) is 0 Å². The summed E-state index contributed by atoms with van der Waals surface area (Å²) in [6.45, 7) is 3.66. The minimum atomic E-state index is -1.05. The number of aromatic nitrogens is 2. The van der Waals surface area contributed by atoms with Crippen molar-refractivity contribution >= 4 is 51.4 Å². The van der Waals surface area contributed by atoms with Crippen LogP contribution in [0.2, 0.25) is 0 Å². The monoisotopic (exact) mass is 558 g/mol. The number of benzene rings is 3. The van der Waals surface area contributed by atoms with Crippen LogP contribution >= 0.6 is 23.1 Å². The number of hydrogen-bond acceptors (Lipinski definition) is 9. The molecule has 11 heteroatoms. The summed E-state index contributed by atoms with van der Waals surface area (Å²) in [6, 6.07) is 19.8. The highest BCUT2D eigenvalue weighted by atomic mass is 32.2.